The van der Waals surface area contributed by atoms with E-state index in [9.17, 15) is 4.79 Å². The van der Waals surface area contributed by atoms with Crippen LogP contribution in [0.3, 0.4) is 0 Å². The van der Waals surface area contributed by atoms with E-state index in [4.69, 9.17) is 0 Å². The zero-order valence-corrected chi connectivity index (χ0v) is 10.2. The Bertz CT molecular complexity index is 412. The molecule has 0 unspecified atom stereocenters. The lowest BCUT2D eigenvalue weighted by Crippen LogP contribution is -2.63. The van der Waals surface area contributed by atoms with E-state index in [1.165, 1.54) is 6.20 Å². The monoisotopic (exact) mass is 247 g/mol. The molecule has 3 rings (SSSR count). The largest absolute Gasteiger partial charge is 0.334 e. The Balaban J connectivity index is 1.54. The van der Waals surface area contributed by atoms with Gasteiger partial charge in [-0.3, -0.25) is 14.7 Å². The molecule has 6 nitrogen and oxygen atoms in total. The fourth-order valence-electron chi connectivity index (χ4n) is 2.47. The highest BCUT2D eigenvalue weighted by atomic mass is 16.2. The number of rotatable bonds is 2. The van der Waals surface area contributed by atoms with Gasteiger partial charge in [0, 0.05) is 57.7 Å². The van der Waals surface area contributed by atoms with E-state index in [2.05, 4.69) is 20.2 Å². The van der Waals surface area contributed by atoms with E-state index in [1.807, 2.05) is 4.90 Å². The number of nitrogens with zero attached hydrogens (tertiary/aromatic N) is 4. The maximum atomic E-state index is 12.0. The van der Waals surface area contributed by atoms with E-state index in [-0.39, 0.29) is 5.91 Å². The van der Waals surface area contributed by atoms with Crippen LogP contribution < -0.4 is 5.32 Å². The molecule has 96 valence electrons. The van der Waals surface area contributed by atoms with Gasteiger partial charge in [-0.2, -0.15) is 0 Å². The first-order valence-corrected chi connectivity index (χ1v) is 6.34. The number of nitrogens with one attached hydrogen (secondary N) is 1. The van der Waals surface area contributed by atoms with Gasteiger partial charge in [-0.15, -0.1) is 0 Å². The molecule has 6 heteroatoms. The third-order valence-corrected chi connectivity index (χ3v) is 3.60. The van der Waals surface area contributed by atoms with Gasteiger partial charge in [-0.25, -0.2) is 4.98 Å². The zero-order chi connectivity index (χ0) is 12.4. The normalized spacial score (nSPS) is 21.7. The van der Waals surface area contributed by atoms with E-state index >= 15 is 0 Å². The molecule has 0 aliphatic carbocycles. The Morgan fingerprint density at radius 2 is 2.06 bits per heavy atom. The molecule has 0 atom stereocenters. The maximum Gasteiger partial charge on any atom is 0.274 e. The van der Waals surface area contributed by atoms with Gasteiger partial charge in [0.25, 0.3) is 5.91 Å². The van der Waals surface area contributed by atoms with Crippen molar-refractivity contribution in [2.24, 2.45) is 0 Å². The molecular formula is C12H17N5O. The summed E-state index contributed by atoms with van der Waals surface area (Å²) in [5.74, 6) is -0.00511. The Morgan fingerprint density at radius 3 is 2.72 bits per heavy atom. The van der Waals surface area contributed by atoms with Crippen LogP contribution in [0, 0.1) is 0 Å². The predicted octanol–water partition coefficient (Wildman–Crippen LogP) is -0.794. The van der Waals surface area contributed by atoms with Gasteiger partial charge in [-0.1, -0.05) is 0 Å². The first-order valence-electron chi connectivity index (χ1n) is 6.34. The van der Waals surface area contributed by atoms with E-state index in [1.54, 1.807) is 12.4 Å². The Morgan fingerprint density at radius 1 is 1.28 bits per heavy atom. The quantitative estimate of drug-likeness (QED) is 0.742. The smallest absolute Gasteiger partial charge is 0.274 e. The van der Waals surface area contributed by atoms with Crippen molar-refractivity contribution in [1.29, 1.82) is 0 Å². The molecule has 2 saturated heterocycles. The van der Waals surface area contributed by atoms with Crippen molar-refractivity contribution >= 4 is 5.91 Å². The average molecular weight is 247 g/mol. The lowest BCUT2D eigenvalue weighted by Gasteiger charge is -2.46. The fourth-order valence-corrected chi connectivity index (χ4v) is 2.47. The van der Waals surface area contributed by atoms with Crippen LogP contribution in [0.5, 0.6) is 0 Å². The minimum absolute atomic E-state index is 0.00511. The fraction of sp³-hybridized carbons (Fsp3) is 0.583. The van der Waals surface area contributed by atoms with Crippen molar-refractivity contribution < 1.29 is 4.79 Å². The number of likely N-dealkylation sites (tertiary alicyclic amines) is 1. The molecule has 2 fully saturated rings. The third kappa shape index (κ3) is 2.21. The highest BCUT2D eigenvalue weighted by Crippen LogP contribution is 2.17. The first kappa shape index (κ1) is 11.6. The van der Waals surface area contributed by atoms with Gasteiger partial charge < -0.3 is 10.2 Å². The second-order valence-corrected chi connectivity index (χ2v) is 4.74. The van der Waals surface area contributed by atoms with Crippen molar-refractivity contribution in [3.05, 3.63) is 24.3 Å². The summed E-state index contributed by atoms with van der Waals surface area (Å²) in [5, 5.41) is 3.34. The molecule has 18 heavy (non-hydrogen) atoms. The standard InChI is InChI=1S/C12H17N5O/c18-12(11-7-14-1-2-15-11)17-8-10(9-17)16-5-3-13-4-6-16/h1-2,7,10,13H,3-6,8-9H2. The minimum atomic E-state index is -0.00511. The van der Waals surface area contributed by atoms with Gasteiger partial charge in [0.15, 0.2) is 0 Å². The van der Waals surface area contributed by atoms with Crippen molar-refractivity contribution in [2.45, 2.75) is 6.04 Å². The highest BCUT2D eigenvalue weighted by molar-refractivity contribution is 5.92. The molecule has 0 spiro atoms. The molecule has 0 saturated carbocycles. The molecule has 3 heterocycles. The third-order valence-electron chi connectivity index (χ3n) is 3.60. The summed E-state index contributed by atoms with van der Waals surface area (Å²) in [4.78, 5) is 24.3. The molecule has 1 amide bonds. The molecule has 0 aromatic carbocycles. The van der Waals surface area contributed by atoms with Crippen LogP contribution in [-0.4, -0.2) is 71.0 Å². The SMILES string of the molecule is O=C(c1cnccn1)N1CC(N2CCNCC2)C1. The van der Waals surface area contributed by atoms with Gasteiger partial charge in [-0.05, 0) is 0 Å². The second kappa shape index (κ2) is 4.99. The van der Waals surface area contributed by atoms with Crippen LogP contribution >= 0.6 is 0 Å². The summed E-state index contributed by atoms with van der Waals surface area (Å²) in [5.41, 5.74) is 0.441. The molecule has 1 aromatic rings. The van der Waals surface area contributed by atoms with E-state index in [0.29, 0.717) is 11.7 Å². The number of hydrogen-bond donors (Lipinski definition) is 1. The van der Waals surface area contributed by atoms with Crippen molar-refractivity contribution in [3.8, 4) is 0 Å². The maximum absolute atomic E-state index is 12.0. The number of hydrogen-bond acceptors (Lipinski definition) is 5. The summed E-state index contributed by atoms with van der Waals surface area (Å²) in [7, 11) is 0. The molecule has 0 bridgehead atoms. The number of aromatic nitrogens is 2. The van der Waals surface area contributed by atoms with Crippen LogP contribution in [0.1, 0.15) is 10.5 Å². The predicted molar refractivity (Wildman–Crippen MR) is 66.2 cm³/mol. The van der Waals surface area contributed by atoms with Gasteiger partial charge >= 0.3 is 0 Å². The van der Waals surface area contributed by atoms with Gasteiger partial charge in [0.1, 0.15) is 5.69 Å². The molecule has 2 aliphatic rings. The summed E-state index contributed by atoms with van der Waals surface area (Å²) in [6.07, 6.45) is 4.66. The van der Waals surface area contributed by atoms with E-state index in [0.717, 1.165) is 39.3 Å². The van der Waals surface area contributed by atoms with Crippen LogP contribution in [0.2, 0.25) is 0 Å². The van der Waals surface area contributed by atoms with Gasteiger partial charge in [0.05, 0.1) is 6.20 Å². The average Bonchev–Trinajstić information content (AvgIpc) is 2.39. The Hall–Kier alpha value is -1.53. The van der Waals surface area contributed by atoms with Crippen molar-refractivity contribution in [2.75, 3.05) is 39.3 Å². The summed E-state index contributed by atoms with van der Waals surface area (Å²) >= 11 is 0. The summed E-state index contributed by atoms with van der Waals surface area (Å²) in [6.45, 7) is 5.89. The Kier molecular flexibility index (Phi) is 3.21. The minimum Gasteiger partial charge on any atom is -0.334 e. The van der Waals surface area contributed by atoms with Crippen molar-refractivity contribution in [3.63, 3.8) is 0 Å². The Labute approximate surface area is 106 Å². The number of piperazine rings is 1. The van der Waals surface area contributed by atoms with Crippen LogP contribution in [0.4, 0.5) is 0 Å². The first-order chi connectivity index (χ1) is 8.84. The second-order valence-electron chi connectivity index (χ2n) is 4.74. The molecule has 1 aromatic heterocycles. The van der Waals surface area contributed by atoms with Crippen LogP contribution in [0.25, 0.3) is 0 Å². The molecule has 0 radical (unpaired) electrons. The topological polar surface area (TPSA) is 61.4 Å². The van der Waals surface area contributed by atoms with Crippen LogP contribution in [0.15, 0.2) is 18.6 Å². The number of carbonyl (C=O) groups excluding carboxylic acids is 1. The highest BCUT2D eigenvalue weighted by Gasteiger charge is 2.35. The summed E-state index contributed by atoms with van der Waals surface area (Å²) in [6, 6.07) is 0.521. The summed E-state index contributed by atoms with van der Waals surface area (Å²) < 4.78 is 0. The molecule has 2 aliphatic heterocycles. The zero-order valence-electron chi connectivity index (χ0n) is 10.2. The number of carbonyl (C=O) groups is 1. The molecular weight excluding hydrogens is 230 g/mol. The molecule has 1 N–H and O–H groups in total. The van der Waals surface area contributed by atoms with Gasteiger partial charge in [0.2, 0.25) is 0 Å². The lowest BCUT2D eigenvalue weighted by atomic mass is 10.1. The van der Waals surface area contributed by atoms with Crippen molar-refractivity contribution in [1.82, 2.24) is 25.1 Å². The van der Waals surface area contributed by atoms with E-state index < -0.39 is 0 Å². The lowest BCUT2D eigenvalue weighted by molar-refractivity contribution is 0.0222. The van der Waals surface area contributed by atoms with Crippen LogP contribution in [-0.2, 0) is 0 Å². The number of amides is 1.